The quantitative estimate of drug-likeness (QED) is 0.799. The molecule has 1 aromatic rings. The summed E-state index contributed by atoms with van der Waals surface area (Å²) in [6.45, 7) is 3.65. The number of hydrogen-bond donors (Lipinski definition) is 1. The molecule has 1 spiro atoms. The Morgan fingerprint density at radius 2 is 2.00 bits per heavy atom. The minimum atomic E-state index is -0.726. The number of benzene rings is 1. The lowest BCUT2D eigenvalue weighted by Gasteiger charge is -2.43. The molecule has 3 fully saturated rings. The smallest absolute Gasteiger partial charge is 0.260 e. The van der Waals surface area contributed by atoms with E-state index < -0.39 is 11.8 Å². The van der Waals surface area contributed by atoms with E-state index in [1.165, 1.54) is 0 Å². The van der Waals surface area contributed by atoms with Crippen molar-refractivity contribution in [3.8, 4) is 5.75 Å². The zero-order valence-electron chi connectivity index (χ0n) is 17.9. The Morgan fingerprint density at radius 1 is 1.23 bits per heavy atom. The van der Waals surface area contributed by atoms with Gasteiger partial charge in [-0.15, -0.1) is 0 Å². The summed E-state index contributed by atoms with van der Waals surface area (Å²) in [6, 6.07) is 6.51. The molecule has 7 heteroatoms. The number of nitrogens with zero attached hydrogens (tertiary/aromatic N) is 1. The zero-order valence-corrected chi connectivity index (χ0v) is 17.9. The molecule has 1 aliphatic carbocycles. The van der Waals surface area contributed by atoms with E-state index in [2.05, 4.69) is 12.2 Å². The van der Waals surface area contributed by atoms with E-state index in [0.29, 0.717) is 23.8 Å². The highest BCUT2D eigenvalue weighted by Gasteiger charge is 2.54. The number of rotatable bonds is 5. The summed E-state index contributed by atoms with van der Waals surface area (Å²) in [7, 11) is 1.55. The first kappa shape index (κ1) is 21.1. The van der Waals surface area contributed by atoms with Crippen molar-refractivity contribution in [2.24, 2.45) is 5.92 Å². The third-order valence-electron chi connectivity index (χ3n) is 6.70. The van der Waals surface area contributed by atoms with Gasteiger partial charge in [0.2, 0.25) is 5.91 Å². The highest BCUT2D eigenvalue weighted by molar-refractivity contribution is 6.00. The second kappa shape index (κ2) is 8.94. The molecular formula is C23H32N2O5. The van der Waals surface area contributed by atoms with Crippen LogP contribution in [0, 0.1) is 5.92 Å². The summed E-state index contributed by atoms with van der Waals surface area (Å²) in [5.41, 5.74) is -0.267. The highest BCUT2D eigenvalue weighted by atomic mass is 16.5. The Balaban J connectivity index is 1.59. The molecule has 164 valence electrons. The molecule has 0 bridgehead atoms. The van der Waals surface area contributed by atoms with Crippen LogP contribution in [0.25, 0.3) is 0 Å². The van der Waals surface area contributed by atoms with Crippen LogP contribution in [0.5, 0.6) is 5.75 Å². The first-order valence-electron chi connectivity index (χ1n) is 11.0. The van der Waals surface area contributed by atoms with Gasteiger partial charge in [-0.1, -0.05) is 19.1 Å². The molecule has 3 aliphatic rings. The van der Waals surface area contributed by atoms with Crippen LogP contribution in [-0.2, 0) is 14.3 Å². The molecular weight excluding hydrogens is 384 g/mol. The van der Waals surface area contributed by atoms with Crippen molar-refractivity contribution in [3.05, 3.63) is 29.8 Å². The predicted octanol–water partition coefficient (Wildman–Crippen LogP) is 2.74. The maximum absolute atomic E-state index is 13.7. The molecule has 7 nitrogen and oxygen atoms in total. The highest BCUT2D eigenvalue weighted by Crippen LogP contribution is 2.43. The number of methoxy groups -OCH3 is 1. The summed E-state index contributed by atoms with van der Waals surface area (Å²) >= 11 is 0. The minimum absolute atomic E-state index is 0.0548. The fourth-order valence-corrected chi connectivity index (χ4v) is 4.87. The van der Waals surface area contributed by atoms with Crippen molar-refractivity contribution in [2.45, 2.75) is 63.3 Å². The van der Waals surface area contributed by atoms with Gasteiger partial charge in [-0.05, 0) is 56.6 Å². The summed E-state index contributed by atoms with van der Waals surface area (Å²) in [5.74, 6) is 0.711. The van der Waals surface area contributed by atoms with Crippen molar-refractivity contribution in [1.82, 2.24) is 10.2 Å². The van der Waals surface area contributed by atoms with Gasteiger partial charge in [0.1, 0.15) is 17.5 Å². The summed E-state index contributed by atoms with van der Waals surface area (Å²) in [4.78, 5) is 28.5. The molecule has 2 unspecified atom stereocenters. The Labute approximate surface area is 178 Å². The first-order chi connectivity index (χ1) is 14.5. The summed E-state index contributed by atoms with van der Waals surface area (Å²) in [5, 5.41) is 2.99. The minimum Gasteiger partial charge on any atom is -0.496 e. The van der Waals surface area contributed by atoms with E-state index in [1.807, 2.05) is 12.1 Å². The van der Waals surface area contributed by atoms with Gasteiger partial charge in [0.25, 0.3) is 5.91 Å². The maximum atomic E-state index is 13.7. The molecule has 4 rings (SSSR count). The number of para-hydroxylation sites is 1. The Kier molecular flexibility index (Phi) is 6.29. The van der Waals surface area contributed by atoms with Crippen LogP contribution < -0.4 is 10.1 Å². The van der Waals surface area contributed by atoms with E-state index >= 15 is 0 Å². The van der Waals surface area contributed by atoms with Gasteiger partial charge in [0.05, 0.1) is 25.4 Å². The largest absolute Gasteiger partial charge is 0.496 e. The van der Waals surface area contributed by atoms with E-state index in [-0.39, 0.29) is 24.5 Å². The number of ether oxygens (including phenoxy) is 3. The summed E-state index contributed by atoms with van der Waals surface area (Å²) < 4.78 is 17.3. The van der Waals surface area contributed by atoms with Crippen LogP contribution in [0.4, 0.5) is 0 Å². The molecule has 2 atom stereocenters. The number of nitrogens with one attached hydrogen (secondary N) is 1. The average Bonchev–Trinajstić information content (AvgIpc) is 3.42. The molecule has 2 saturated heterocycles. The summed E-state index contributed by atoms with van der Waals surface area (Å²) in [6.07, 6.45) is 5.45. The average molecular weight is 417 g/mol. The molecule has 0 radical (unpaired) electrons. The fraction of sp³-hybridized carbons (Fsp3) is 0.652. The van der Waals surface area contributed by atoms with Gasteiger partial charge >= 0.3 is 0 Å². The molecule has 2 aliphatic heterocycles. The molecule has 0 aromatic heterocycles. The van der Waals surface area contributed by atoms with Crippen LogP contribution >= 0.6 is 0 Å². The molecule has 30 heavy (non-hydrogen) atoms. The topological polar surface area (TPSA) is 77.1 Å². The predicted molar refractivity (Wildman–Crippen MR) is 111 cm³/mol. The van der Waals surface area contributed by atoms with Gasteiger partial charge in [-0.2, -0.15) is 0 Å². The number of hydrogen-bond acceptors (Lipinski definition) is 5. The third-order valence-corrected chi connectivity index (χ3v) is 6.70. The lowest BCUT2D eigenvalue weighted by Crippen LogP contribution is -2.57. The van der Waals surface area contributed by atoms with Gasteiger partial charge in [-0.25, -0.2) is 0 Å². The van der Waals surface area contributed by atoms with Crippen LogP contribution in [0.1, 0.15) is 55.8 Å². The second-order valence-electron chi connectivity index (χ2n) is 8.71. The monoisotopic (exact) mass is 416 g/mol. The van der Waals surface area contributed by atoms with Crippen LogP contribution in [-0.4, -0.2) is 61.5 Å². The number of amides is 2. The Morgan fingerprint density at radius 3 is 2.70 bits per heavy atom. The second-order valence-corrected chi connectivity index (χ2v) is 8.71. The Bertz CT molecular complexity index is 769. The van der Waals surface area contributed by atoms with Crippen molar-refractivity contribution in [1.29, 1.82) is 0 Å². The first-order valence-corrected chi connectivity index (χ1v) is 11.0. The number of carbonyl (C=O) groups is 2. The van der Waals surface area contributed by atoms with Crippen molar-refractivity contribution in [2.75, 3.05) is 26.9 Å². The standard InChI is InChI=1S/C23H32N2O5/c1-16-9-11-23(12-10-16)25(22(27)18-7-3-4-8-20(18)28-2)19(15-30-23)21(26)24-14-17-6-5-13-29-17/h3-4,7-8,16-17,19H,5-6,9-15H2,1-2H3,(H,24,26). The Hall–Kier alpha value is -2.12. The van der Waals surface area contributed by atoms with E-state index in [0.717, 1.165) is 45.1 Å². The normalized spacial score (nSPS) is 31.1. The van der Waals surface area contributed by atoms with Crippen LogP contribution in [0.3, 0.4) is 0 Å². The molecule has 1 N–H and O–H groups in total. The van der Waals surface area contributed by atoms with Crippen molar-refractivity contribution < 1.29 is 23.8 Å². The number of carbonyl (C=O) groups excluding carboxylic acids is 2. The molecule has 1 aromatic carbocycles. The van der Waals surface area contributed by atoms with Crippen LogP contribution in [0.2, 0.25) is 0 Å². The molecule has 2 amide bonds. The fourth-order valence-electron chi connectivity index (χ4n) is 4.87. The third kappa shape index (κ3) is 4.05. The molecule has 2 heterocycles. The van der Waals surface area contributed by atoms with Gasteiger partial charge in [-0.3, -0.25) is 14.5 Å². The lowest BCUT2D eigenvalue weighted by molar-refractivity contribution is -0.128. The van der Waals surface area contributed by atoms with E-state index in [1.54, 1.807) is 24.1 Å². The van der Waals surface area contributed by atoms with Crippen molar-refractivity contribution in [3.63, 3.8) is 0 Å². The van der Waals surface area contributed by atoms with Gasteiger partial charge in [0.15, 0.2) is 0 Å². The lowest BCUT2D eigenvalue weighted by atomic mass is 9.83. The van der Waals surface area contributed by atoms with Crippen molar-refractivity contribution >= 4 is 11.8 Å². The maximum Gasteiger partial charge on any atom is 0.260 e. The van der Waals surface area contributed by atoms with Crippen LogP contribution in [0.15, 0.2) is 24.3 Å². The van der Waals surface area contributed by atoms with E-state index in [9.17, 15) is 9.59 Å². The molecule has 1 saturated carbocycles. The SMILES string of the molecule is COc1ccccc1C(=O)N1C(C(=O)NCC2CCCO2)COC12CCC(C)CC2. The van der Waals surface area contributed by atoms with E-state index in [4.69, 9.17) is 14.2 Å². The zero-order chi connectivity index (χ0) is 21.1. The van der Waals surface area contributed by atoms with Gasteiger partial charge < -0.3 is 19.5 Å². The van der Waals surface area contributed by atoms with Gasteiger partial charge in [0, 0.05) is 13.2 Å².